The maximum absolute atomic E-state index is 12.9. The first-order valence-electron chi connectivity index (χ1n) is 8.07. The van der Waals surface area contributed by atoms with Crippen LogP contribution in [-0.4, -0.2) is 25.7 Å². The molecule has 0 bridgehead atoms. The first kappa shape index (κ1) is 16.9. The lowest BCUT2D eigenvalue weighted by atomic mass is 10.1. The van der Waals surface area contributed by atoms with Gasteiger partial charge in [-0.25, -0.2) is 9.97 Å². The van der Waals surface area contributed by atoms with Crippen molar-refractivity contribution in [1.29, 1.82) is 0 Å². The van der Waals surface area contributed by atoms with Crippen molar-refractivity contribution in [2.45, 2.75) is 20.8 Å². The molecule has 0 fully saturated rings. The summed E-state index contributed by atoms with van der Waals surface area (Å²) in [4.78, 5) is 24.3. The number of pyridine rings is 1. The van der Waals surface area contributed by atoms with Gasteiger partial charge in [-0.2, -0.15) is 5.10 Å². The summed E-state index contributed by atoms with van der Waals surface area (Å²) >= 11 is 3.11. The fourth-order valence-corrected chi connectivity index (χ4v) is 4.54. The zero-order chi connectivity index (χ0) is 18.4. The highest BCUT2D eigenvalue weighted by atomic mass is 32.1. The van der Waals surface area contributed by atoms with E-state index in [0.29, 0.717) is 16.3 Å². The number of rotatable bonds is 3. The number of aromatic nitrogens is 4. The van der Waals surface area contributed by atoms with E-state index in [9.17, 15) is 4.79 Å². The summed E-state index contributed by atoms with van der Waals surface area (Å²) in [5, 5.41) is 10.6. The molecular formula is C18H17N5OS2. The molecule has 0 unspecified atom stereocenters. The zero-order valence-corrected chi connectivity index (χ0v) is 16.5. The summed E-state index contributed by atoms with van der Waals surface area (Å²) in [6, 6.07) is 5.91. The second-order valence-corrected chi connectivity index (χ2v) is 8.27. The summed E-state index contributed by atoms with van der Waals surface area (Å²) in [5.74, 6) is -0.195. The third kappa shape index (κ3) is 2.91. The van der Waals surface area contributed by atoms with Gasteiger partial charge in [-0.1, -0.05) is 0 Å². The van der Waals surface area contributed by atoms with Crippen LogP contribution in [0.5, 0.6) is 0 Å². The van der Waals surface area contributed by atoms with Crippen LogP contribution in [0.25, 0.3) is 21.6 Å². The van der Waals surface area contributed by atoms with Crippen LogP contribution in [0.4, 0.5) is 5.13 Å². The largest absolute Gasteiger partial charge is 0.298 e. The van der Waals surface area contributed by atoms with Crippen LogP contribution >= 0.6 is 22.7 Å². The Balaban J connectivity index is 1.67. The van der Waals surface area contributed by atoms with Crippen LogP contribution in [0, 0.1) is 20.8 Å². The minimum Gasteiger partial charge on any atom is -0.298 e. The van der Waals surface area contributed by atoms with E-state index in [-0.39, 0.29) is 5.91 Å². The van der Waals surface area contributed by atoms with Crippen molar-refractivity contribution >= 4 is 44.7 Å². The molecule has 0 saturated carbocycles. The number of carbonyl (C=O) groups is 1. The number of hydrogen-bond acceptors (Lipinski definition) is 6. The molecule has 0 radical (unpaired) electrons. The third-order valence-electron chi connectivity index (χ3n) is 4.06. The Hall–Kier alpha value is -2.58. The number of nitrogens with zero attached hydrogens (tertiary/aromatic N) is 4. The van der Waals surface area contributed by atoms with E-state index in [0.717, 1.165) is 27.3 Å². The number of thiophene rings is 1. The van der Waals surface area contributed by atoms with E-state index in [1.54, 1.807) is 22.1 Å². The highest BCUT2D eigenvalue weighted by Gasteiger charge is 2.19. The molecule has 8 heteroatoms. The topological polar surface area (TPSA) is 72.7 Å². The zero-order valence-electron chi connectivity index (χ0n) is 14.8. The van der Waals surface area contributed by atoms with Crippen molar-refractivity contribution in [2.75, 3.05) is 5.32 Å². The van der Waals surface area contributed by atoms with Gasteiger partial charge in [0.15, 0.2) is 10.8 Å². The Bertz CT molecular complexity index is 1140. The van der Waals surface area contributed by atoms with Gasteiger partial charge in [0, 0.05) is 23.0 Å². The van der Waals surface area contributed by atoms with Crippen LogP contribution in [0.15, 0.2) is 23.6 Å². The van der Waals surface area contributed by atoms with Gasteiger partial charge < -0.3 is 0 Å². The fourth-order valence-electron chi connectivity index (χ4n) is 2.93. The Kier molecular flexibility index (Phi) is 4.08. The Morgan fingerprint density at radius 1 is 1.19 bits per heavy atom. The van der Waals surface area contributed by atoms with Gasteiger partial charge >= 0.3 is 0 Å². The molecule has 0 atom stereocenters. The molecule has 4 aromatic heterocycles. The van der Waals surface area contributed by atoms with Gasteiger partial charge in [0.25, 0.3) is 5.91 Å². The number of fused-ring (bicyclic) bond motifs is 1. The average Bonchev–Trinajstić information content (AvgIpc) is 3.28. The third-order valence-corrected chi connectivity index (χ3v) is 5.84. The van der Waals surface area contributed by atoms with E-state index < -0.39 is 0 Å². The van der Waals surface area contributed by atoms with Gasteiger partial charge in [0.05, 0.1) is 27.2 Å². The fraction of sp³-hybridized carbons (Fsp3) is 0.222. The van der Waals surface area contributed by atoms with Crippen molar-refractivity contribution in [2.24, 2.45) is 7.05 Å². The average molecular weight is 384 g/mol. The second-order valence-electron chi connectivity index (χ2n) is 6.12. The molecule has 0 spiro atoms. The van der Waals surface area contributed by atoms with Crippen LogP contribution in [0.3, 0.4) is 0 Å². The molecule has 0 aromatic carbocycles. The van der Waals surface area contributed by atoms with Crippen molar-refractivity contribution in [3.8, 4) is 10.6 Å². The van der Waals surface area contributed by atoms with Crippen molar-refractivity contribution in [3.63, 3.8) is 0 Å². The van der Waals surface area contributed by atoms with E-state index in [1.807, 2.05) is 26.3 Å². The normalized spacial score (nSPS) is 11.2. The van der Waals surface area contributed by atoms with Gasteiger partial charge in [-0.3, -0.25) is 14.8 Å². The lowest BCUT2D eigenvalue weighted by Gasteiger charge is -2.05. The van der Waals surface area contributed by atoms with Crippen LogP contribution in [-0.2, 0) is 7.05 Å². The molecular weight excluding hydrogens is 366 g/mol. The number of anilines is 1. The lowest BCUT2D eigenvalue weighted by Crippen LogP contribution is -2.13. The van der Waals surface area contributed by atoms with Crippen LogP contribution in [0.2, 0.25) is 0 Å². The predicted octanol–water partition coefficient (Wildman–Crippen LogP) is 4.33. The highest BCUT2D eigenvalue weighted by Crippen LogP contribution is 2.31. The first-order valence-corrected chi connectivity index (χ1v) is 9.76. The minimum atomic E-state index is -0.195. The van der Waals surface area contributed by atoms with Gasteiger partial charge in [0.2, 0.25) is 0 Å². The molecule has 4 aromatic rings. The Morgan fingerprint density at radius 3 is 2.73 bits per heavy atom. The Morgan fingerprint density at radius 2 is 2.00 bits per heavy atom. The van der Waals surface area contributed by atoms with Crippen molar-refractivity contribution < 1.29 is 4.79 Å². The SMILES string of the molecule is Cc1cc(C(=O)Nc2nc(-c3ccc(C)s3)cs2)c2c(C)nn(C)c2n1. The van der Waals surface area contributed by atoms with E-state index in [1.165, 1.54) is 16.2 Å². The molecule has 1 amide bonds. The Labute approximate surface area is 158 Å². The quantitative estimate of drug-likeness (QED) is 0.571. The van der Waals surface area contributed by atoms with Crippen molar-refractivity contribution in [3.05, 3.63) is 45.4 Å². The molecule has 0 saturated heterocycles. The van der Waals surface area contributed by atoms with E-state index >= 15 is 0 Å². The smallest absolute Gasteiger partial charge is 0.258 e. The summed E-state index contributed by atoms with van der Waals surface area (Å²) in [5.41, 5.74) is 3.73. The minimum absolute atomic E-state index is 0.195. The number of hydrogen-bond donors (Lipinski definition) is 1. The van der Waals surface area contributed by atoms with Gasteiger partial charge in [0.1, 0.15) is 0 Å². The maximum Gasteiger partial charge on any atom is 0.258 e. The molecule has 6 nitrogen and oxygen atoms in total. The molecule has 0 aliphatic carbocycles. The number of carbonyl (C=O) groups excluding carboxylic acids is 1. The molecule has 0 aliphatic heterocycles. The van der Waals surface area contributed by atoms with E-state index in [2.05, 4.69) is 39.4 Å². The molecule has 0 aliphatic rings. The van der Waals surface area contributed by atoms with E-state index in [4.69, 9.17) is 0 Å². The molecule has 1 N–H and O–H groups in total. The monoisotopic (exact) mass is 383 g/mol. The van der Waals surface area contributed by atoms with Crippen LogP contribution < -0.4 is 5.32 Å². The summed E-state index contributed by atoms with van der Waals surface area (Å²) in [6.07, 6.45) is 0. The standard InChI is InChI=1S/C18H17N5OS2/c1-9-7-12(15-11(3)22-23(4)16(15)19-9)17(24)21-18-20-13(8-25-18)14-6-5-10(2)26-14/h5-8H,1-4H3,(H,20,21,24). The second kappa shape index (κ2) is 6.30. The maximum atomic E-state index is 12.9. The summed E-state index contributed by atoms with van der Waals surface area (Å²) in [7, 11) is 1.83. The van der Waals surface area contributed by atoms with Gasteiger partial charge in [-0.05, 0) is 39.0 Å². The molecule has 4 heterocycles. The molecule has 26 heavy (non-hydrogen) atoms. The van der Waals surface area contributed by atoms with Gasteiger partial charge in [-0.15, -0.1) is 22.7 Å². The summed E-state index contributed by atoms with van der Waals surface area (Å²) < 4.78 is 1.70. The highest BCUT2D eigenvalue weighted by molar-refractivity contribution is 7.17. The molecule has 4 rings (SSSR count). The number of amides is 1. The first-order chi connectivity index (χ1) is 12.4. The number of nitrogens with one attached hydrogen (secondary N) is 1. The lowest BCUT2D eigenvalue weighted by molar-refractivity contribution is 0.102. The number of thiazole rings is 1. The molecule has 132 valence electrons. The summed E-state index contributed by atoms with van der Waals surface area (Å²) in [6.45, 7) is 5.83. The predicted molar refractivity (Wildman–Crippen MR) is 106 cm³/mol. The van der Waals surface area contributed by atoms with Crippen LogP contribution in [0.1, 0.15) is 26.6 Å². The van der Waals surface area contributed by atoms with Crippen molar-refractivity contribution in [1.82, 2.24) is 19.7 Å². The number of aryl methyl sites for hydroxylation is 4.